The van der Waals surface area contributed by atoms with E-state index in [-0.39, 0.29) is 0 Å². The van der Waals surface area contributed by atoms with Gasteiger partial charge in [-0.1, -0.05) is 17.3 Å². The second-order valence-corrected chi connectivity index (χ2v) is 5.49. The Morgan fingerprint density at radius 1 is 1.39 bits per heavy atom. The van der Waals surface area contributed by atoms with Crippen molar-refractivity contribution in [1.29, 1.82) is 0 Å². The molecule has 2 aromatic rings. The van der Waals surface area contributed by atoms with Gasteiger partial charge in [-0.25, -0.2) is 0 Å². The number of thioether (sulfide) groups is 1. The topological polar surface area (TPSA) is 51.0 Å². The molecule has 0 bridgehead atoms. The number of aromatic nitrogens is 2. The highest BCUT2D eigenvalue weighted by Crippen LogP contribution is 2.23. The summed E-state index contributed by atoms with van der Waals surface area (Å²) in [6, 6.07) is 9.35. The summed E-state index contributed by atoms with van der Waals surface area (Å²) < 4.78 is 4.71. The second-order valence-electron chi connectivity index (χ2n) is 4.44. The lowest BCUT2D eigenvalue weighted by Gasteiger charge is -2.05. The van der Waals surface area contributed by atoms with Gasteiger partial charge in [0.2, 0.25) is 6.39 Å². The molecule has 1 saturated carbocycles. The zero-order valence-corrected chi connectivity index (χ0v) is 10.8. The van der Waals surface area contributed by atoms with Crippen molar-refractivity contribution >= 4 is 11.8 Å². The fourth-order valence-corrected chi connectivity index (χ4v) is 2.53. The molecule has 1 aromatic heterocycles. The quantitative estimate of drug-likeness (QED) is 0.810. The standard InChI is InChI=1S/C13H15N3OS/c1-2-10(7-14-11-4-5-11)6-12(3-1)18-8-13-15-9-17-16-13/h1-3,6,9,11,14H,4-5,7-8H2. The Hall–Kier alpha value is -1.33. The van der Waals surface area contributed by atoms with Crippen LogP contribution in [0.15, 0.2) is 40.1 Å². The molecule has 4 nitrogen and oxygen atoms in total. The van der Waals surface area contributed by atoms with Crippen LogP contribution in [0.2, 0.25) is 0 Å². The third kappa shape index (κ3) is 3.34. The first-order valence-electron chi connectivity index (χ1n) is 6.10. The Balaban J connectivity index is 1.55. The van der Waals surface area contributed by atoms with Crippen LogP contribution in [0, 0.1) is 0 Å². The van der Waals surface area contributed by atoms with Crippen molar-refractivity contribution in [3.63, 3.8) is 0 Å². The molecule has 0 spiro atoms. The van der Waals surface area contributed by atoms with Gasteiger partial charge in [0.15, 0.2) is 5.82 Å². The highest BCUT2D eigenvalue weighted by molar-refractivity contribution is 7.98. The minimum Gasteiger partial charge on any atom is -0.343 e. The maximum atomic E-state index is 4.71. The molecule has 1 heterocycles. The minimum absolute atomic E-state index is 0.738. The van der Waals surface area contributed by atoms with E-state index in [2.05, 4.69) is 39.7 Å². The summed E-state index contributed by atoms with van der Waals surface area (Å²) in [5.41, 5.74) is 1.33. The van der Waals surface area contributed by atoms with Crippen LogP contribution in [-0.2, 0) is 12.3 Å². The molecule has 3 rings (SSSR count). The molecule has 0 saturated heterocycles. The maximum absolute atomic E-state index is 4.71. The summed E-state index contributed by atoms with van der Waals surface area (Å²) >= 11 is 1.73. The highest BCUT2D eigenvalue weighted by Gasteiger charge is 2.19. The Morgan fingerprint density at radius 3 is 3.11 bits per heavy atom. The van der Waals surface area contributed by atoms with Gasteiger partial charge in [-0.2, -0.15) is 4.98 Å². The Labute approximate surface area is 110 Å². The fourth-order valence-electron chi connectivity index (χ4n) is 1.70. The van der Waals surface area contributed by atoms with Gasteiger partial charge in [-0.3, -0.25) is 0 Å². The van der Waals surface area contributed by atoms with E-state index in [1.807, 2.05) is 0 Å². The summed E-state index contributed by atoms with van der Waals surface area (Å²) in [6.45, 7) is 0.960. The predicted octanol–water partition coefficient (Wildman–Crippen LogP) is 2.61. The number of rotatable bonds is 6. The lowest BCUT2D eigenvalue weighted by Crippen LogP contribution is -2.15. The van der Waals surface area contributed by atoms with Crippen molar-refractivity contribution in [1.82, 2.24) is 15.5 Å². The zero-order valence-electron chi connectivity index (χ0n) is 10.0. The van der Waals surface area contributed by atoms with E-state index in [1.54, 1.807) is 11.8 Å². The van der Waals surface area contributed by atoms with Crippen LogP contribution in [0.5, 0.6) is 0 Å². The summed E-state index contributed by atoms with van der Waals surface area (Å²) in [4.78, 5) is 5.26. The first-order chi connectivity index (χ1) is 8.90. The Morgan fingerprint density at radius 2 is 2.33 bits per heavy atom. The molecule has 18 heavy (non-hydrogen) atoms. The van der Waals surface area contributed by atoms with Crippen LogP contribution in [-0.4, -0.2) is 16.2 Å². The van der Waals surface area contributed by atoms with Crippen molar-refractivity contribution in [3.8, 4) is 0 Å². The normalized spacial score (nSPS) is 14.9. The summed E-state index contributed by atoms with van der Waals surface area (Å²) in [6.07, 6.45) is 4.02. The van der Waals surface area contributed by atoms with Gasteiger partial charge in [0.25, 0.3) is 0 Å². The van der Waals surface area contributed by atoms with Crippen molar-refractivity contribution in [3.05, 3.63) is 42.0 Å². The molecule has 0 atom stereocenters. The van der Waals surface area contributed by atoms with E-state index in [1.165, 1.54) is 29.7 Å². The van der Waals surface area contributed by atoms with Gasteiger partial charge in [0.05, 0.1) is 5.75 Å². The number of hydrogen-bond acceptors (Lipinski definition) is 5. The average molecular weight is 261 g/mol. The van der Waals surface area contributed by atoms with Crippen LogP contribution in [0.3, 0.4) is 0 Å². The van der Waals surface area contributed by atoms with Gasteiger partial charge < -0.3 is 9.84 Å². The molecule has 0 amide bonds. The molecule has 1 N–H and O–H groups in total. The van der Waals surface area contributed by atoms with E-state index in [0.29, 0.717) is 0 Å². The maximum Gasteiger partial charge on any atom is 0.213 e. The van der Waals surface area contributed by atoms with Crippen LogP contribution < -0.4 is 5.32 Å². The third-order valence-corrected chi connectivity index (χ3v) is 3.84. The average Bonchev–Trinajstić information content (AvgIpc) is 3.09. The van der Waals surface area contributed by atoms with Gasteiger partial charge in [-0.05, 0) is 30.5 Å². The molecule has 0 aliphatic heterocycles. The molecule has 94 valence electrons. The van der Waals surface area contributed by atoms with Crippen LogP contribution in [0.4, 0.5) is 0 Å². The van der Waals surface area contributed by atoms with E-state index < -0.39 is 0 Å². The van der Waals surface area contributed by atoms with Crippen molar-refractivity contribution in [2.45, 2.75) is 36.1 Å². The highest BCUT2D eigenvalue weighted by atomic mass is 32.2. The van der Waals surface area contributed by atoms with Crippen molar-refractivity contribution < 1.29 is 4.52 Å². The second kappa shape index (κ2) is 5.54. The lowest BCUT2D eigenvalue weighted by atomic mass is 10.2. The lowest BCUT2D eigenvalue weighted by molar-refractivity contribution is 0.412. The first-order valence-corrected chi connectivity index (χ1v) is 7.09. The molecule has 1 aliphatic carbocycles. The number of benzene rings is 1. The van der Waals surface area contributed by atoms with Gasteiger partial charge in [0, 0.05) is 17.5 Å². The molecular formula is C13H15N3OS. The monoisotopic (exact) mass is 261 g/mol. The van der Waals surface area contributed by atoms with Crippen LogP contribution in [0.1, 0.15) is 24.2 Å². The molecule has 1 aromatic carbocycles. The van der Waals surface area contributed by atoms with Crippen LogP contribution in [0.25, 0.3) is 0 Å². The van der Waals surface area contributed by atoms with Gasteiger partial charge in [-0.15, -0.1) is 11.8 Å². The Kier molecular flexibility index (Phi) is 3.61. The first kappa shape index (κ1) is 11.7. The fraction of sp³-hybridized carbons (Fsp3) is 0.385. The minimum atomic E-state index is 0.738. The summed E-state index contributed by atoms with van der Waals surface area (Å²) in [5.74, 6) is 1.48. The number of nitrogens with one attached hydrogen (secondary N) is 1. The van der Waals surface area contributed by atoms with E-state index in [0.717, 1.165) is 24.2 Å². The third-order valence-electron chi connectivity index (χ3n) is 2.85. The van der Waals surface area contributed by atoms with E-state index >= 15 is 0 Å². The molecule has 5 heteroatoms. The molecular weight excluding hydrogens is 246 g/mol. The summed E-state index contributed by atoms with van der Waals surface area (Å²) in [5, 5.41) is 7.32. The van der Waals surface area contributed by atoms with Crippen molar-refractivity contribution in [2.75, 3.05) is 0 Å². The largest absolute Gasteiger partial charge is 0.343 e. The smallest absolute Gasteiger partial charge is 0.213 e. The zero-order chi connectivity index (χ0) is 12.2. The predicted molar refractivity (Wildman–Crippen MR) is 70.2 cm³/mol. The molecule has 0 unspecified atom stereocenters. The van der Waals surface area contributed by atoms with Crippen LogP contribution >= 0.6 is 11.8 Å². The number of nitrogens with zero attached hydrogens (tertiary/aromatic N) is 2. The van der Waals surface area contributed by atoms with Gasteiger partial charge in [0.1, 0.15) is 0 Å². The molecule has 1 fully saturated rings. The summed E-state index contributed by atoms with van der Waals surface area (Å²) in [7, 11) is 0. The van der Waals surface area contributed by atoms with E-state index in [4.69, 9.17) is 4.52 Å². The molecule has 0 radical (unpaired) electrons. The molecule has 1 aliphatic rings. The van der Waals surface area contributed by atoms with Gasteiger partial charge >= 0.3 is 0 Å². The van der Waals surface area contributed by atoms with E-state index in [9.17, 15) is 0 Å². The Bertz CT molecular complexity index is 497. The van der Waals surface area contributed by atoms with Crippen molar-refractivity contribution in [2.24, 2.45) is 0 Å². The SMILES string of the molecule is c1cc(CNC2CC2)cc(SCc2ncon2)c1. The number of hydrogen-bond donors (Lipinski definition) is 1.